The van der Waals surface area contributed by atoms with E-state index in [1.54, 1.807) is 0 Å². The molecule has 2 nitrogen and oxygen atoms in total. The fraction of sp³-hybridized carbons (Fsp3) is 0.688. The van der Waals surface area contributed by atoms with E-state index in [2.05, 4.69) is 46.1 Å². The van der Waals surface area contributed by atoms with Crippen molar-refractivity contribution < 1.29 is 0 Å². The average Bonchev–Trinajstić information content (AvgIpc) is 2.45. The maximum atomic E-state index is 4.35. The van der Waals surface area contributed by atoms with Gasteiger partial charge in [-0.1, -0.05) is 39.5 Å². The van der Waals surface area contributed by atoms with Crippen LogP contribution < -0.4 is 5.32 Å². The van der Waals surface area contributed by atoms with Gasteiger partial charge in [0.1, 0.15) is 0 Å². The van der Waals surface area contributed by atoms with Crippen LogP contribution in [0.15, 0.2) is 22.9 Å². The van der Waals surface area contributed by atoms with Gasteiger partial charge in [-0.05, 0) is 52.4 Å². The fourth-order valence-corrected chi connectivity index (χ4v) is 3.90. The highest BCUT2D eigenvalue weighted by Crippen LogP contribution is 2.40. The molecule has 1 aromatic rings. The summed E-state index contributed by atoms with van der Waals surface area (Å²) in [5, 5.41) is 3.70. The first-order valence-electron chi connectivity index (χ1n) is 7.60. The molecule has 3 unspecified atom stereocenters. The van der Waals surface area contributed by atoms with Crippen LogP contribution >= 0.6 is 15.9 Å². The maximum Gasteiger partial charge on any atom is 0.0410 e. The second-order valence-electron chi connectivity index (χ2n) is 5.59. The smallest absolute Gasteiger partial charge is 0.0410 e. The van der Waals surface area contributed by atoms with Crippen molar-refractivity contribution in [1.82, 2.24) is 10.3 Å². The summed E-state index contributed by atoms with van der Waals surface area (Å²) in [7, 11) is 0. The van der Waals surface area contributed by atoms with E-state index in [0.717, 1.165) is 22.9 Å². The first-order valence-corrected chi connectivity index (χ1v) is 8.39. The Morgan fingerprint density at radius 3 is 2.79 bits per heavy atom. The summed E-state index contributed by atoms with van der Waals surface area (Å²) in [6.07, 6.45) is 10.7. The summed E-state index contributed by atoms with van der Waals surface area (Å²) in [5.41, 5.74) is 1.33. The number of hydrogen-bond acceptors (Lipinski definition) is 2. The van der Waals surface area contributed by atoms with Crippen LogP contribution in [0.25, 0.3) is 0 Å². The van der Waals surface area contributed by atoms with Crippen molar-refractivity contribution in [2.75, 3.05) is 6.54 Å². The number of halogens is 1. The molecule has 2 rings (SSSR count). The molecule has 0 bridgehead atoms. The quantitative estimate of drug-likeness (QED) is 0.848. The summed E-state index contributed by atoms with van der Waals surface area (Å²) in [6.45, 7) is 5.55. The van der Waals surface area contributed by atoms with Gasteiger partial charge in [0, 0.05) is 22.9 Å². The molecule has 1 heterocycles. The Hall–Kier alpha value is -0.410. The highest BCUT2D eigenvalue weighted by Gasteiger charge is 2.31. The van der Waals surface area contributed by atoms with Crippen molar-refractivity contribution in [3.8, 4) is 0 Å². The van der Waals surface area contributed by atoms with E-state index in [1.165, 1.54) is 37.7 Å². The lowest BCUT2D eigenvalue weighted by atomic mass is 9.72. The lowest BCUT2D eigenvalue weighted by molar-refractivity contribution is 0.176. The van der Waals surface area contributed by atoms with E-state index in [4.69, 9.17) is 0 Å². The van der Waals surface area contributed by atoms with Gasteiger partial charge in [0.15, 0.2) is 0 Å². The van der Waals surface area contributed by atoms with Gasteiger partial charge < -0.3 is 5.32 Å². The van der Waals surface area contributed by atoms with Gasteiger partial charge in [0.2, 0.25) is 0 Å². The molecule has 19 heavy (non-hydrogen) atoms. The zero-order valence-electron chi connectivity index (χ0n) is 12.0. The standard InChI is InChI=1S/C16H25BrN2/c1-3-12-7-5-6-8-15(12)16(19-4-2)13-9-14(17)11-18-10-13/h9-12,15-16,19H,3-8H2,1-2H3. The fourth-order valence-electron chi connectivity index (χ4n) is 3.52. The van der Waals surface area contributed by atoms with Gasteiger partial charge in [-0.3, -0.25) is 4.98 Å². The van der Waals surface area contributed by atoms with Crippen molar-refractivity contribution in [3.63, 3.8) is 0 Å². The highest BCUT2D eigenvalue weighted by molar-refractivity contribution is 9.10. The number of pyridine rings is 1. The van der Waals surface area contributed by atoms with Gasteiger partial charge in [-0.25, -0.2) is 0 Å². The van der Waals surface area contributed by atoms with Crippen molar-refractivity contribution >= 4 is 15.9 Å². The molecule has 1 aliphatic carbocycles. The zero-order valence-corrected chi connectivity index (χ0v) is 13.6. The van der Waals surface area contributed by atoms with Crippen molar-refractivity contribution in [1.29, 1.82) is 0 Å². The molecule has 1 saturated carbocycles. The van der Waals surface area contributed by atoms with E-state index < -0.39 is 0 Å². The van der Waals surface area contributed by atoms with Crippen LogP contribution in [-0.2, 0) is 0 Å². The second kappa shape index (κ2) is 7.39. The first kappa shape index (κ1) is 15.0. The average molecular weight is 325 g/mol. The zero-order chi connectivity index (χ0) is 13.7. The predicted molar refractivity (Wildman–Crippen MR) is 84.1 cm³/mol. The van der Waals surface area contributed by atoms with E-state index in [9.17, 15) is 0 Å². The number of nitrogens with zero attached hydrogens (tertiary/aromatic N) is 1. The Kier molecular flexibility index (Phi) is 5.83. The van der Waals surface area contributed by atoms with Gasteiger partial charge in [-0.15, -0.1) is 0 Å². The van der Waals surface area contributed by atoms with E-state index in [0.29, 0.717) is 6.04 Å². The van der Waals surface area contributed by atoms with Crippen LogP contribution in [0.3, 0.4) is 0 Å². The molecular weight excluding hydrogens is 300 g/mol. The number of rotatable bonds is 5. The number of nitrogens with one attached hydrogen (secondary N) is 1. The molecule has 0 spiro atoms. The Morgan fingerprint density at radius 2 is 2.11 bits per heavy atom. The lowest BCUT2D eigenvalue weighted by Gasteiger charge is -2.37. The van der Waals surface area contributed by atoms with Crippen LogP contribution in [0.5, 0.6) is 0 Å². The van der Waals surface area contributed by atoms with Gasteiger partial charge in [-0.2, -0.15) is 0 Å². The third-order valence-corrected chi connectivity index (χ3v) is 4.86. The predicted octanol–water partition coefficient (Wildman–Crippen LogP) is 4.71. The summed E-state index contributed by atoms with van der Waals surface area (Å²) in [4.78, 5) is 4.35. The minimum atomic E-state index is 0.459. The summed E-state index contributed by atoms with van der Waals surface area (Å²) >= 11 is 3.55. The highest BCUT2D eigenvalue weighted by atomic mass is 79.9. The molecule has 0 amide bonds. The topological polar surface area (TPSA) is 24.9 Å². The van der Waals surface area contributed by atoms with Gasteiger partial charge in [0.25, 0.3) is 0 Å². The molecule has 3 atom stereocenters. The van der Waals surface area contributed by atoms with Crippen molar-refractivity contribution in [2.24, 2.45) is 11.8 Å². The third kappa shape index (κ3) is 3.79. The van der Waals surface area contributed by atoms with Gasteiger partial charge >= 0.3 is 0 Å². The number of hydrogen-bond donors (Lipinski definition) is 1. The summed E-state index contributed by atoms with van der Waals surface area (Å²) in [5.74, 6) is 1.62. The minimum absolute atomic E-state index is 0.459. The number of aromatic nitrogens is 1. The molecule has 1 aromatic heterocycles. The van der Waals surface area contributed by atoms with Crippen LogP contribution in [0.2, 0.25) is 0 Å². The van der Waals surface area contributed by atoms with Crippen molar-refractivity contribution in [3.05, 3.63) is 28.5 Å². The second-order valence-corrected chi connectivity index (χ2v) is 6.50. The maximum absolute atomic E-state index is 4.35. The van der Waals surface area contributed by atoms with Crippen molar-refractivity contribution in [2.45, 2.75) is 52.0 Å². The Morgan fingerprint density at radius 1 is 1.32 bits per heavy atom. The molecule has 3 heteroatoms. The molecule has 0 radical (unpaired) electrons. The first-order chi connectivity index (χ1) is 9.26. The van der Waals surface area contributed by atoms with E-state index in [-0.39, 0.29) is 0 Å². The normalized spacial score (nSPS) is 25.2. The van der Waals surface area contributed by atoms with E-state index in [1.807, 2.05) is 12.4 Å². The Bertz CT molecular complexity index is 394. The summed E-state index contributed by atoms with van der Waals surface area (Å²) < 4.78 is 1.08. The van der Waals surface area contributed by atoms with Crippen LogP contribution in [0, 0.1) is 11.8 Å². The molecule has 106 valence electrons. The third-order valence-electron chi connectivity index (χ3n) is 4.43. The largest absolute Gasteiger partial charge is 0.310 e. The Labute approximate surface area is 125 Å². The SMILES string of the molecule is CCNC(c1cncc(Br)c1)C1CCCCC1CC. The lowest BCUT2D eigenvalue weighted by Crippen LogP contribution is -2.34. The molecular formula is C16H25BrN2. The Balaban J connectivity index is 2.23. The van der Waals surface area contributed by atoms with Crippen LogP contribution in [-0.4, -0.2) is 11.5 Å². The molecule has 1 fully saturated rings. The molecule has 1 N–H and O–H groups in total. The van der Waals surface area contributed by atoms with Crippen LogP contribution in [0.1, 0.15) is 57.6 Å². The van der Waals surface area contributed by atoms with Gasteiger partial charge in [0.05, 0.1) is 0 Å². The van der Waals surface area contributed by atoms with Crippen LogP contribution in [0.4, 0.5) is 0 Å². The monoisotopic (exact) mass is 324 g/mol. The molecule has 0 aromatic carbocycles. The molecule has 0 aliphatic heterocycles. The minimum Gasteiger partial charge on any atom is -0.310 e. The van der Waals surface area contributed by atoms with E-state index >= 15 is 0 Å². The molecule has 0 saturated heterocycles. The summed E-state index contributed by atoms with van der Waals surface area (Å²) in [6, 6.07) is 2.68. The molecule has 1 aliphatic rings.